The van der Waals surface area contributed by atoms with Gasteiger partial charge in [0.2, 0.25) is 0 Å². The number of pyridine rings is 1. The van der Waals surface area contributed by atoms with Crippen molar-refractivity contribution in [1.29, 1.82) is 0 Å². The normalized spacial score (nSPS) is 22.8. The Hall–Kier alpha value is -0.450. The molecule has 0 atom stereocenters. The van der Waals surface area contributed by atoms with E-state index in [2.05, 4.69) is 33.5 Å². The highest BCUT2D eigenvalue weighted by atomic mass is 79.9. The summed E-state index contributed by atoms with van der Waals surface area (Å²) in [4.78, 5) is 4.12. The van der Waals surface area contributed by atoms with Gasteiger partial charge in [-0.3, -0.25) is 0 Å². The van der Waals surface area contributed by atoms with E-state index in [9.17, 15) is 0 Å². The van der Waals surface area contributed by atoms with Gasteiger partial charge in [0.05, 0.1) is 0 Å². The summed E-state index contributed by atoms with van der Waals surface area (Å²) < 4.78 is 6.97. The summed E-state index contributed by atoms with van der Waals surface area (Å²) in [5, 5.41) is 2.97. The molecule has 1 heterocycles. The Morgan fingerprint density at radius 1 is 1.33 bits per heavy atom. The van der Waals surface area contributed by atoms with Crippen LogP contribution < -0.4 is 4.74 Å². The van der Waals surface area contributed by atoms with Crippen molar-refractivity contribution in [1.82, 2.24) is 4.98 Å². The quantitative estimate of drug-likeness (QED) is 0.640. The summed E-state index contributed by atoms with van der Waals surface area (Å²) in [6.45, 7) is 0. The lowest BCUT2D eigenvalue weighted by molar-refractivity contribution is 0.129. The number of halogens is 2. The first-order valence-corrected chi connectivity index (χ1v) is 7.40. The molecule has 0 radical (unpaired) electrons. The number of hydrogen-bond donors (Lipinski definition) is 1. The third-order valence-electron chi connectivity index (χ3n) is 3.14. The average Bonchev–Trinajstić information content (AvgIpc) is 2.31. The van der Waals surface area contributed by atoms with Gasteiger partial charge in [-0.15, -0.1) is 0 Å². The Balaban J connectivity index is 1.99. The van der Waals surface area contributed by atoms with E-state index in [0.717, 1.165) is 33.8 Å². The molecule has 18 heavy (non-hydrogen) atoms. The van der Waals surface area contributed by atoms with Gasteiger partial charge in [0, 0.05) is 26.7 Å². The number of aromatic nitrogens is 1. The number of fused-ring (bicyclic) bond motifs is 1. The molecule has 3 rings (SSSR count). The van der Waals surface area contributed by atoms with Crippen molar-refractivity contribution in [3.05, 3.63) is 34.0 Å². The number of hydrogen-bond acceptors (Lipinski definition) is 3. The predicted molar refractivity (Wildman–Crippen MR) is 80.9 cm³/mol. The largest absolute Gasteiger partial charge is 0.490 e. The van der Waals surface area contributed by atoms with E-state index < -0.39 is 0 Å². The van der Waals surface area contributed by atoms with E-state index in [4.69, 9.17) is 16.3 Å². The van der Waals surface area contributed by atoms with Crippen molar-refractivity contribution in [3.63, 3.8) is 0 Å². The Morgan fingerprint density at radius 2 is 2.11 bits per heavy atom. The van der Waals surface area contributed by atoms with Crippen molar-refractivity contribution < 1.29 is 4.74 Å². The molecule has 2 aromatic rings. The molecule has 5 heteroatoms. The van der Waals surface area contributed by atoms with Gasteiger partial charge in [0.15, 0.2) is 0 Å². The maximum atomic E-state index is 5.98. The molecule has 1 aromatic heterocycles. The highest BCUT2D eigenvalue weighted by Gasteiger charge is 2.28. The van der Waals surface area contributed by atoms with Gasteiger partial charge < -0.3 is 4.74 Å². The fourth-order valence-corrected chi connectivity index (χ4v) is 3.16. The molecule has 0 N–H and O–H groups in total. The zero-order chi connectivity index (χ0) is 12.7. The van der Waals surface area contributed by atoms with Gasteiger partial charge in [-0.2, -0.15) is 12.6 Å². The van der Waals surface area contributed by atoms with Crippen LogP contribution in [-0.2, 0) is 0 Å². The van der Waals surface area contributed by atoms with Gasteiger partial charge >= 0.3 is 0 Å². The lowest BCUT2D eigenvalue weighted by atomic mass is 9.95. The topological polar surface area (TPSA) is 22.1 Å². The van der Waals surface area contributed by atoms with E-state index in [1.165, 1.54) is 0 Å². The molecule has 0 saturated heterocycles. The zero-order valence-corrected chi connectivity index (χ0v) is 12.7. The van der Waals surface area contributed by atoms with Gasteiger partial charge in [-0.05, 0) is 31.0 Å². The van der Waals surface area contributed by atoms with Crippen LogP contribution in [0.2, 0.25) is 5.15 Å². The van der Waals surface area contributed by atoms with Gasteiger partial charge in [-0.25, -0.2) is 4.98 Å². The maximum Gasteiger partial charge on any atom is 0.129 e. The maximum absolute atomic E-state index is 5.98. The Kier molecular flexibility index (Phi) is 3.43. The SMILES string of the molecule is SC1CC(Oc2ccc(Br)c3cc(Cl)ncc23)C1. The van der Waals surface area contributed by atoms with E-state index >= 15 is 0 Å². The first-order valence-electron chi connectivity index (χ1n) is 5.72. The highest BCUT2D eigenvalue weighted by Crippen LogP contribution is 2.36. The number of nitrogens with zero attached hydrogens (tertiary/aromatic N) is 1. The van der Waals surface area contributed by atoms with Crippen LogP contribution in [0.4, 0.5) is 0 Å². The molecule has 1 aliphatic carbocycles. The first-order chi connectivity index (χ1) is 8.63. The summed E-state index contributed by atoms with van der Waals surface area (Å²) in [5.41, 5.74) is 0. The number of rotatable bonds is 2. The van der Waals surface area contributed by atoms with Crippen LogP contribution in [0.3, 0.4) is 0 Å². The molecule has 0 bridgehead atoms. The third kappa shape index (κ3) is 2.33. The van der Waals surface area contributed by atoms with Crippen molar-refractivity contribution in [3.8, 4) is 5.75 Å². The number of benzene rings is 1. The van der Waals surface area contributed by atoms with Gasteiger partial charge in [-0.1, -0.05) is 27.5 Å². The number of thiol groups is 1. The molecule has 1 aromatic carbocycles. The molecule has 94 valence electrons. The van der Waals surface area contributed by atoms with Crippen LogP contribution in [0.25, 0.3) is 10.8 Å². The highest BCUT2D eigenvalue weighted by molar-refractivity contribution is 9.10. The van der Waals surface area contributed by atoms with E-state index in [1.807, 2.05) is 18.2 Å². The van der Waals surface area contributed by atoms with Crippen LogP contribution in [-0.4, -0.2) is 16.3 Å². The summed E-state index contributed by atoms with van der Waals surface area (Å²) >= 11 is 13.8. The van der Waals surface area contributed by atoms with Crippen LogP contribution in [0.5, 0.6) is 5.75 Å². The van der Waals surface area contributed by atoms with Crippen molar-refractivity contribution in [2.75, 3.05) is 0 Å². The fourth-order valence-electron chi connectivity index (χ4n) is 2.07. The van der Waals surface area contributed by atoms with E-state index in [-0.39, 0.29) is 6.10 Å². The average molecular weight is 345 g/mol. The van der Waals surface area contributed by atoms with Crippen LogP contribution in [0, 0.1) is 0 Å². The minimum atomic E-state index is 0.271. The van der Waals surface area contributed by atoms with Crippen LogP contribution in [0.15, 0.2) is 28.9 Å². The Morgan fingerprint density at radius 3 is 2.83 bits per heavy atom. The monoisotopic (exact) mass is 343 g/mol. The molecule has 0 unspecified atom stereocenters. The van der Waals surface area contributed by atoms with Crippen LogP contribution in [0.1, 0.15) is 12.8 Å². The number of ether oxygens (including phenoxy) is 1. The first kappa shape index (κ1) is 12.6. The lowest BCUT2D eigenvalue weighted by Crippen LogP contribution is -2.34. The second-order valence-electron chi connectivity index (χ2n) is 4.46. The van der Waals surface area contributed by atoms with E-state index in [0.29, 0.717) is 10.4 Å². The van der Waals surface area contributed by atoms with Crippen LogP contribution >= 0.6 is 40.2 Å². The minimum Gasteiger partial charge on any atom is -0.490 e. The fraction of sp³-hybridized carbons (Fsp3) is 0.308. The molecule has 1 fully saturated rings. The summed E-state index contributed by atoms with van der Waals surface area (Å²) in [7, 11) is 0. The second-order valence-corrected chi connectivity index (χ2v) is 6.44. The molecular formula is C13H11BrClNOS. The second kappa shape index (κ2) is 4.91. The van der Waals surface area contributed by atoms with Gasteiger partial charge in [0.25, 0.3) is 0 Å². The Labute approximate surface area is 124 Å². The summed E-state index contributed by atoms with van der Waals surface area (Å²) in [5.74, 6) is 0.864. The smallest absolute Gasteiger partial charge is 0.129 e. The lowest BCUT2D eigenvalue weighted by Gasteiger charge is -2.32. The third-order valence-corrected chi connectivity index (χ3v) is 4.46. The molecule has 1 aliphatic rings. The standard InChI is InChI=1S/C13H11BrClNOS/c14-11-1-2-12(17-7-3-8(18)4-7)10-6-16-13(15)5-9(10)11/h1-2,5-8,18H,3-4H2. The van der Waals surface area contributed by atoms with Crippen molar-refractivity contribution in [2.24, 2.45) is 0 Å². The summed E-state index contributed by atoms with van der Waals surface area (Å²) in [6, 6.07) is 5.79. The summed E-state index contributed by atoms with van der Waals surface area (Å²) in [6.07, 6.45) is 4.03. The molecule has 1 saturated carbocycles. The van der Waals surface area contributed by atoms with Crippen molar-refractivity contribution in [2.45, 2.75) is 24.2 Å². The van der Waals surface area contributed by atoms with Crippen molar-refractivity contribution >= 4 is 50.9 Å². The molecule has 0 aliphatic heterocycles. The zero-order valence-electron chi connectivity index (χ0n) is 9.44. The molecular weight excluding hydrogens is 334 g/mol. The molecule has 0 spiro atoms. The minimum absolute atomic E-state index is 0.271. The Bertz CT molecular complexity index is 601. The molecule has 0 amide bonds. The van der Waals surface area contributed by atoms with E-state index in [1.54, 1.807) is 6.20 Å². The van der Waals surface area contributed by atoms with Gasteiger partial charge in [0.1, 0.15) is 17.0 Å². The molecule has 2 nitrogen and oxygen atoms in total. The predicted octanol–water partition coefficient (Wildman–Crippen LogP) is 4.49.